The minimum absolute atomic E-state index is 0.390. The largest absolute Gasteiger partial charge is 0.374 e. The molecule has 0 aliphatic carbocycles. The van der Waals surface area contributed by atoms with Crippen LogP contribution in [0.25, 0.3) is 22.1 Å². The fraction of sp³-hybridized carbons (Fsp3) is 0.381. The van der Waals surface area contributed by atoms with Gasteiger partial charge >= 0.3 is 0 Å². The second kappa shape index (κ2) is 7.22. The van der Waals surface area contributed by atoms with Crippen LogP contribution in [-0.4, -0.2) is 23.1 Å². The van der Waals surface area contributed by atoms with Gasteiger partial charge in [0.25, 0.3) is 0 Å². The number of hydrogen-bond donors (Lipinski definition) is 0. The van der Waals surface area contributed by atoms with Crippen LogP contribution in [0.3, 0.4) is 0 Å². The van der Waals surface area contributed by atoms with Gasteiger partial charge in [0, 0.05) is 22.6 Å². The van der Waals surface area contributed by atoms with Gasteiger partial charge in [0.05, 0.1) is 17.9 Å². The number of rotatable bonds is 5. The summed E-state index contributed by atoms with van der Waals surface area (Å²) < 4.78 is 11.7. The third kappa shape index (κ3) is 3.46. The Morgan fingerprint density at radius 3 is 2.80 bits per heavy atom. The van der Waals surface area contributed by atoms with Crippen molar-refractivity contribution in [3.63, 3.8) is 0 Å². The van der Waals surface area contributed by atoms with E-state index in [1.165, 1.54) is 29.2 Å². The van der Waals surface area contributed by atoms with Gasteiger partial charge in [0.2, 0.25) is 0 Å². The van der Waals surface area contributed by atoms with E-state index in [1.54, 1.807) is 0 Å². The number of ether oxygens (including phenoxy) is 1. The maximum absolute atomic E-state index is 5.92. The molecule has 2 unspecified atom stereocenters. The number of fused-ring (bicyclic) bond motifs is 1. The van der Waals surface area contributed by atoms with E-state index in [0.717, 1.165) is 28.5 Å². The normalized spacial score (nSPS) is 20.4. The van der Waals surface area contributed by atoms with Gasteiger partial charge in [-0.15, -0.1) is 0 Å². The Bertz CT molecular complexity index is 868. The van der Waals surface area contributed by atoms with Crippen LogP contribution in [0.5, 0.6) is 0 Å². The molecule has 1 saturated heterocycles. The lowest BCUT2D eigenvalue weighted by Gasteiger charge is -2.11. The smallest absolute Gasteiger partial charge is 0.171 e. The SMILES string of the molecule is Cc1noc(-c2cccc3ccccc23)c1CSCC1CCC(C)O1. The molecule has 0 bridgehead atoms. The highest BCUT2D eigenvalue weighted by molar-refractivity contribution is 7.98. The highest BCUT2D eigenvalue weighted by Crippen LogP contribution is 2.34. The average molecular weight is 353 g/mol. The summed E-state index contributed by atoms with van der Waals surface area (Å²) in [5.41, 5.74) is 3.31. The number of benzene rings is 2. The second-order valence-corrected chi connectivity index (χ2v) is 7.79. The topological polar surface area (TPSA) is 35.3 Å². The van der Waals surface area contributed by atoms with Crippen molar-refractivity contribution in [2.75, 3.05) is 5.75 Å². The van der Waals surface area contributed by atoms with Crippen molar-refractivity contribution in [1.29, 1.82) is 0 Å². The van der Waals surface area contributed by atoms with E-state index in [2.05, 4.69) is 54.5 Å². The zero-order valence-corrected chi connectivity index (χ0v) is 15.5. The van der Waals surface area contributed by atoms with Gasteiger partial charge < -0.3 is 9.26 Å². The first-order valence-corrected chi connectivity index (χ1v) is 10.0. The molecular formula is C21H23NO2S. The van der Waals surface area contributed by atoms with Crippen molar-refractivity contribution in [1.82, 2.24) is 5.16 Å². The van der Waals surface area contributed by atoms with Crippen molar-refractivity contribution >= 4 is 22.5 Å². The molecule has 0 saturated carbocycles. The molecule has 1 aliphatic rings. The van der Waals surface area contributed by atoms with Crippen LogP contribution >= 0.6 is 11.8 Å². The Balaban J connectivity index is 1.57. The molecule has 0 radical (unpaired) electrons. The second-order valence-electron chi connectivity index (χ2n) is 6.76. The molecule has 4 heteroatoms. The first-order valence-electron chi connectivity index (χ1n) is 8.89. The van der Waals surface area contributed by atoms with Gasteiger partial charge in [-0.2, -0.15) is 11.8 Å². The Hall–Kier alpha value is -1.78. The lowest BCUT2D eigenvalue weighted by molar-refractivity contribution is 0.0700. The van der Waals surface area contributed by atoms with Crippen LogP contribution < -0.4 is 0 Å². The van der Waals surface area contributed by atoms with Gasteiger partial charge in [0.15, 0.2) is 5.76 Å². The quantitative estimate of drug-likeness (QED) is 0.598. The molecule has 2 atom stereocenters. The van der Waals surface area contributed by atoms with E-state index in [-0.39, 0.29) is 0 Å². The highest BCUT2D eigenvalue weighted by Gasteiger charge is 2.22. The first kappa shape index (κ1) is 16.7. The van der Waals surface area contributed by atoms with Gasteiger partial charge in [-0.25, -0.2) is 0 Å². The molecule has 1 fully saturated rings. The Labute approximate surface area is 152 Å². The molecule has 0 spiro atoms. The highest BCUT2D eigenvalue weighted by atomic mass is 32.2. The minimum Gasteiger partial charge on any atom is -0.374 e. The third-order valence-corrected chi connectivity index (χ3v) is 5.99. The lowest BCUT2D eigenvalue weighted by atomic mass is 10.0. The van der Waals surface area contributed by atoms with Crippen molar-refractivity contribution in [3.05, 3.63) is 53.7 Å². The number of hydrogen-bond acceptors (Lipinski definition) is 4. The number of aromatic nitrogens is 1. The molecule has 2 aromatic carbocycles. The van der Waals surface area contributed by atoms with E-state index in [9.17, 15) is 0 Å². The molecule has 3 nitrogen and oxygen atoms in total. The summed E-state index contributed by atoms with van der Waals surface area (Å²) in [5.74, 6) is 2.84. The molecule has 0 N–H and O–H groups in total. The molecule has 4 rings (SSSR count). The summed E-state index contributed by atoms with van der Waals surface area (Å²) in [6.45, 7) is 4.19. The fourth-order valence-corrected chi connectivity index (χ4v) is 4.66. The number of thioether (sulfide) groups is 1. The van der Waals surface area contributed by atoms with Gasteiger partial charge in [-0.05, 0) is 37.5 Å². The predicted molar refractivity (Wildman–Crippen MR) is 104 cm³/mol. The predicted octanol–water partition coefficient (Wildman–Crippen LogP) is 5.60. The fourth-order valence-electron chi connectivity index (χ4n) is 3.49. The van der Waals surface area contributed by atoms with Crippen molar-refractivity contribution in [2.24, 2.45) is 0 Å². The molecule has 130 valence electrons. The van der Waals surface area contributed by atoms with E-state index in [4.69, 9.17) is 9.26 Å². The molecule has 0 amide bonds. The maximum Gasteiger partial charge on any atom is 0.171 e. The minimum atomic E-state index is 0.390. The Morgan fingerprint density at radius 2 is 1.96 bits per heavy atom. The molecule has 3 aromatic rings. The Morgan fingerprint density at radius 1 is 1.12 bits per heavy atom. The van der Waals surface area contributed by atoms with Gasteiger partial charge in [-0.3, -0.25) is 0 Å². The van der Waals surface area contributed by atoms with Gasteiger partial charge in [-0.1, -0.05) is 47.6 Å². The third-order valence-electron chi connectivity index (χ3n) is 4.89. The molecule has 2 heterocycles. The van der Waals surface area contributed by atoms with Crippen LogP contribution in [0.15, 0.2) is 47.0 Å². The monoisotopic (exact) mass is 353 g/mol. The van der Waals surface area contributed by atoms with Crippen molar-refractivity contribution in [3.8, 4) is 11.3 Å². The van der Waals surface area contributed by atoms with E-state index in [0.29, 0.717) is 12.2 Å². The zero-order chi connectivity index (χ0) is 17.2. The standard InChI is InChI=1S/C21H23NO2S/c1-14-10-11-17(23-14)12-25-13-20-15(2)22-24-21(20)19-9-5-7-16-6-3-4-8-18(16)19/h3-9,14,17H,10-13H2,1-2H3. The van der Waals surface area contributed by atoms with E-state index < -0.39 is 0 Å². The van der Waals surface area contributed by atoms with Crippen molar-refractivity contribution in [2.45, 2.75) is 44.6 Å². The van der Waals surface area contributed by atoms with Crippen LogP contribution in [0.2, 0.25) is 0 Å². The maximum atomic E-state index is 5.92. The average Bonchev–Trinajstić information content (AvgIpc) is 3.21. The Kier molecular flexibility index (Phi) is 4.82. The van der Waals surface area contributed by atoms with Crippen molar-refractivity contribution < 1.29 is 9.26 Å². The van der Waals surface area contributed by atoms with Crippen LogP contribution in [0.1, 0.15) is 31.0 Å². The van der Waals surface area contributed by atoms with Gasteiger partial charge in [0.1, 0.15) is 0 Å². The van der Waals surface area contributed by atoms with E-state index in [1.807, 2.05) is 18.7 Å². The molecule has 1 aromatic heterocycles. The number of nitrogens with zero attached hydrogens (tertiary/aromatic N) is 1. The summed E-state index contributed by atoms with van der Waals surface area (Å²) in [6.07, 6.45) is 3.15. The summed E-state index contributed by atoms with van der Waals surface area (Å²) in [5, 5.41) is 6.67. The summed E-state index contributed by atoms with van der Waals surface area (Å²) in [4.78, 5) is 0. The molecule has 25 heavy (non-hydrogen) atoms. The zero-order valence-electron chi connectivity index (χ0n) is 14.7. The summed E-state index contributed by atoms with van der Waals surface area (Å²) in [6, 6.07) is 14.8. The van der Waals surface area contributed by atoms with Crippen LogP contribution in [0.4, 0.5) is 0 Å². The van der Waals surface area contributed by atoms with E-state index >= 15 is 0 Å². The lowest BCUT2D eigenvalue weighted by Crippen LogP contribution is -2.11. The van der Waals surface area contributed by atoms with Crippen LogP contribution in [0, 0.1) is 6.92 Å². The number of aryl methyl sites for hydroxylation is 1. The first-order chi connectivity index (χ1) is 12.2. The molecule has 1 aliphatic heterocycles. The molecular weight excluding hydrogens is 330 g/mol. The summed E-state index contributed by atoms with van der Waals surface area (Å²) in [7, 11) is 0. The summed E-state index contributed by atoms with van der Waals surface area (Å²) >= 11 is 1.91. The van der Waals surface area contributed by atoms with Crippen LogP contribution in [-0.2, 0) is 10.5 Å².